The third kappa shape index (κ3) is 4.53. The Bertz CT molecular complexity index is 524. The SMILES string of the molecule is C[C@H](O)CN1CCN(CCC(=O)N2CCc3sccc3C2)CC1. The van der Waals surface area contributed by atoms with Crippen LogP contribution in [0.3, 0.4) is 0 Å². The van der Waals surface area contributed by atoms with Crippen LogP contribution in [0.25, 0.3) is 0 Å². The molecule has 0 unspecified atom stereocenters. The lowest BCUT2D eigenvalue weighted by atomic mass is 10.1. The standard InChI is InChI=1S/C17H27N3O2S/c1-14(21)12-19-9-7-18(8-10-19)5-3-17(22)20-6-2-16-15(13-20)4-11-23-16/h4,11,14,21H,2-3,5-10,12-13H2,1H3/t14-/m0/s1. The van der Waals surface area contributed by atoms with Crippen LogP contribution in [0.15, 0.2) is 11.4 Å². The number of aliphatic hydroxyl groups is 1. The van der Waals surface area contributed by atoms with E-state index in [1.165, 1.54) is 10.4 Å². The second-order valence-corrected chi connectivity index (χ2v) is 7.68. The van der Waals surface area contributed by atoms with Crippen molar-refractivity contribution >= 4 is 17.2 Å². The van der Waals surface area contributed by atoms with Crippen molar-refractivity contribution in [3.05, 3.63) is 21.9 Å². The van der Waals surface area contributed by atoms with Crippen molar-refractivity contribution in [1.82, 2.24) is 14.7 Å². The number of piperazine rings is 1. The van der Waals surface area contributed by atoms with Gasteiger partial charge in [0, 0.05) is 63.7 Å². The summed E-state index contributed by atoms with van der Waals surface area (Å²) in [5.41, 5.74) is 1.33. The molecule has 1 atom stereocenters. The van der Waals surface area contributed by atoms with E-state index in [0.717, 1.165) is 58.8 Å². The summed E-state index contributed by atoms with van der Waals surface area (Å²) in [4.78, 5) is 20.6. The van der Waals surface area contributed by atoms with Gasteiger partial charge >= 0.3 is 0 Å². The first-order valence-electron chi connectivity index (χ1n) is 8.57. The van der Waals surface area contributed by atoms with Crippen LogP contribution in [0.4, 0.5) is 0 Å². The zero-order valence-corrected chi connectivity index (χ0v) is 14.7. The highest BCUT2D eigenvalue weighted by atomic mass is 32.1. The largest absolute Gasteiger partial charge is 0.392 e. The highest BCUT2D eigenvalue weighted by molar-refractivity contribution is 7.10. The number of nitrogens with zero attached hydrogens (tertiary/aromatic N) is 3. The lowest BCUT2D eigenvalue weighted by Crippen LogP contribution is -2.49. The van der Waals surface area contributed by atoms with Gasteiger partial charge in [0.1, 0.15) is 0 Å². The molecule has 5 nitrogen and oxygen atoms in total. The van der Waals surface area contributed by atoms with E-state index in [-0.39, 0.29) is 12.0 Å². The molecule has 6 heteroatoms. The number of fused-ring (bicyclic) bond motifs is 1. The van der Waals surface area contributed by atoms with Crippen LogP contribution in [0.1, 0.15) is 23.8 Å². The molecule has 1 aromatic rings. The summed E-state index contributed by atoms with van der Waals surface area (Å²) in [5, 5.41) is 11.6. The van der Waals surface area contributed by atoms with Gasteiger partial charge in [-0.2, -0.15) is 0 Å². The molecule has 0 aromatic carbocycles. The monoisotopic (exact) mass is 337 g/mol. The molecule has 0 radical (unpaired) electrons. The Morgan fingerprint density at radius 2 is 2.00 bits per heavy atom. The number of β-amino-alcohol motifs (C(OH)–C–C–N with tert-alkyl or cyclic N) is 1. The van der Waals surface area contributed by atoms with Crippen molar-refractivity contribution < 1.29 is 9.90 Å². The van der Waals surface area contributed by atoms with Gasteiger partial charge in [-0.15, -0.1) is 11.3 Å². The molecule has 1 aromatic heterocycles. The van der Waals surface area contributed by atoms with Gasteiger partial charge < -0.3 is 14.9 Å². The van der Waals surface area contributed by atoms with Crippen molar-refractivity contribution in [2.45, 2.75) is 32.4 Å². The molecule has 0 saturated carbocycles. The lowest BCUT2D eigenvalue weighted by Gasteiger charge is -2.35. The fourth-order valence-electron chi connectivity index (χ4n) is 3.44. The maximum Gasteiger partial charge on any atom is 0.224 e. The molecule has 3 heterocycles. The van der Waals surface area contributed by atoms with Crippen molar-refractivity contribution in [3.63, 3.8) is 0 Å². The smallest absolute Gasteiger partial charge is 0.224 e. The number of carbonyl (C=O) groups is 1. The average molecular weight is 337 g/mol. The molecular weight excluding hydrogens is 310 g/mol. The lowest BCUT2D eigenvalue weighted by molar-refractivity contribution is -0.132. The molecule has 23 heavy (non-hydrogen) atoms. The van der Waals surface area contributed by atoms with Crippen LogP contribution in [-0.4, -0.2) is 77.6 Å². The topological polar surface area (TPSA) is 47.0 Å². The first-order valence-corrected chi connectivity index (χ1v) is 9.45. The van der Waals surface area contributed by atoms with Gasteiger partial charge in [0.15, 0.2) is 0 Å². The summed E-state index contributed by atoms with van der Waals surface area (Å²) in [6, 6.07) is 2.15. The average Bonchev–Trinajstić information content (AvgIpc) is 3.01. The molecule has 0 spiro atoms. The maximum atomic E-state index is 12.4. The van der Waals surface area contributed by atoms with Gasteiger partial charge in [-0.1, -0.05) is 0 Å². The Balaban J connectivity index is 1.39. The minimum atomic E-state index is -0.260. The number of amides is 1. The number of carbonyl (C=O) groups excluding carboxylic acids is 1. The molecule has 0 bridgehead atoms. The van der Waals surface area contributed by atoms with E-state index < -0.39 is 0 Å². The van der Waals surface area contributed by atoms with E-state index >= 15 is 0 Å². The summed E-state index contributed by atoms with van der Waals surface area (Å²) in [6.45, 7) is 9.07. The summed E-state index contributed by atoms with van der Waals surface area (Å²) in [5.74, 6) is 0.285. The quantitative estimate of drug-likeness (QED) is 0.872. The van der Waals surface area contributed by atoms with Crippen LogP contribution in [0, 0.1) is 0 Å². The molecular formula is C17H27N3O2S. The van der Waals surface area contributed by atoms with Crippen LogP contribution in [0.2, 0.25) is 0 Å². The van der Waals surface area contributed by atoms with Gasteiger partial charge in [-0.3, -0.25) is 9.69 Å². The molecule has 1 fully saturated rings. The van der Waals surface area contributed by atoms with Crippen LogP contribution in [-0.2, 0) is 17.8 Å². The molecule has 2 aliphatic heterocycles. The molecule has 1 amide bonds. The van der Waals surface area contributed by atoms with E-state index in [1.54, 1.807) is 0 Å². The molecule has 128 valence electrons. The molecule has 3 rings (SSSR count). The minimum Gasteiger partial charge on any atom is -0.392 e. The summed E-state index contributed by atoms with van der Waals surface area (Å²) in [7, 11) is 0. The van der Waals surface area contributed by atoms with Gasteiger partial charge in [0.25, 0.3) is 0 Å². The van der Waals surface area contributed by atoms with E-state index in [0.29, 0.717) is 6.42 Å². The van der Waals surface area contributed by atoms with Crippen LogP contribution >= 0.6 is 11.3 Å². The molecule has 0 aliphatic carbocycles. The second-order valence-electron chi connectivity index (χ2n) is 6.68. The maximum absolute atomic E-state index is 12.4. The van der Waals surface area contributed by atoms with Gasteiger partial charge in [-0.05, 0) is 30.4 Å². The van der Waals surface area contributed by atoms with Gasteiger partial charge in [0.2, 0.25) is 5.91 Å². The molecule has 1 N–H and O–H groups in total. The normalized spacial score (nSPS) is 21.2. The predicted octanol–water partition coefficient (Wildman–Crippen LogP) is 1.02. The minimum absolute atomic E-state index is 0.260. The van der Waals surface area contributed by atoms with Crippen molar-refractivity contribution in [2.24, 2.45) is 0 Å². The van der Waals surface area contributed by atoms with E-state index in [9.17, 15) is 9.90 Å². The zero-order valence-electron chi connectivity index (χ0n) is 13.9. The van der Waals surface area contributed by atoms with Crippen molar-refractivity contribution in [1.29, 1.82) is 0 Å². The number of hydrogen-bond acceptors (Lipinski definition) is 5. The highest BCUT2D eigenvalue weighted by Crippen LogP contribution is 2.24. The Hall–Kier alpha value is -0.950. The fourth-order valence-corrected chi connectivity index (χ4v) is 4.33. The number of thiophene rings is 1. The first kappa shape index (κ1) is 16.9. The zero-order chi connectivity index (χ0) is 16.2. The molecule has 2 aliphatic rings. The Morgan fingerprint density at radius 1 is 1.26 bits per heavy atom. The summed E-state index contributed by atoms with van der Waals surface area (Å²) < 4.78 is 0. The third-order valence-corrected chi connectivity index (χ3v) is 5.81. The van der Waals surface area contributed by atoms with E-state index in [2.05, 4.69) is 21.2 Å². The van der Waals surface area contributed by atoms with Crippen molar-refractivity contribution in [3.8, 4) is 0 Å². The fraction of sp³-hybridized carbons (Fsp3) is 0.706. The predicted molar refractivity (Wildman–Crippen MR) is 92.6 cm³/mol. The Labute approximate surface area is 142 Å². The van der Waals surface area contributed by atoms with Gasteiger partial charge in [0.05, 0.1) is 6.10 Å². The second kappa shape index (κ2) is 7.75. The van der Waals surface area contributed by atoms with Crippen LogP contribution in [0.5, 0.6) is 0 Å². The summed E-state index contributed by atoms with van der Waals surface area (Å²) >= 11 is 1.81. The number of rotatable bonds is 5. The molecule has 1 saturated heterocycles. The first-order chi connectivity index (χ1) is 11.1. The van der Waals surface area contributed by atoms with Gasteiger partial charge in [-0.25, -0.2) is 0 Å². The van der Waals surface area contributed by atoms with Crippen LogP contribution < -0.4 is 0 Å². The Kier molecular flexibility index (Phi) is 5.69. The third-order valence-electron chi connectivity index (χ3n) is 4.79. The highest BCUT2D eigenvalue weighted by Gasteiger charge is 2.23. The number of aliphatic hydroxyl groups excluding tert-OH is 1. The Morgan fingerprint density at radius 3 is 2.74 bits per heavy atom. The number of hydrogen-bond donors (Lipinski definition) is 1. The van der Waals surface area contributed by atoms with E-state index in [4.69, 9.17) is 0 Å². The summed E-state index contributed by atoms with van der Waals surface area (Å²) in [6.07, 6.45) is 1.37. The van der Waals surface area contributed by atoms with Crippen molar-refractivity contribution in [2.75, 3.05) is 45.8 Å². The van der Waals surface area contributed by atoms with E-state index in [1.807, 2.05) is 23.2 Å².